The summed E-state index contributed by atoms with van der Waals surface area (Å²) in [6.45, 7) is 0.374. The smallest absolute Gasteiger partial charge is 0.290 e. The molecule has 4 N–H and O–H groups in total. The first-order valence-corrected chi connectivity index (χ1v) is 3.87. The van der Waals surface area contributed by atoms with Crippen molar-refractivity contribution in [3.8, 4) is 0 Å². The Morgan fingerprint density at radius 1 is 1.69 bits per heavy atom. The highest BCUT2D eigenvalue weighted by Gasteiger charge is 2.09. The number of anilines is 1. The third-order valence-electron chi connectivity index (χ3n) is 1.68. The fourth-order valence-electron chi connectivity index (χ4n) is 1.06. The zero-order valence-corrected chi connectivity index (χ0v) is 7.41. The molecule has 74 valence electrons. The lowest BCUT2D eigenvalue weighted by Gasteiger charge is -1.97. The van der Waals surface area contributed by atoms with Crippen LogP contribution >= 0.6 is 0 Å². The molecule has 13 heavy (non-hydrogen) atoms. The summed E-state index contributed by atoms with van der Waals surface area (Å²) in [4.78, 5) is 11.3. The highest BCUT2D eigenvalue weighted by atomic mass is 16.5. The highest BCUT2D eigenvalue weighted by molar-refractivity contribution is 5.40. The van der Waals surface area contributed by atoms with E-state index in [9.17, 15) is 4.79 Å². The Kier molecular flexibility index (Phi) is 3.10. The maximum atomic E-state index is 11.3. The molecule has 0 spiro atoms. The second-order valence-corrected chi connectivity index (χ2v) is 2.62. The van der Waals surface area contributed by atoms with Gasteiger partial charge < -0.3 is 15.6 Å². The number of aromatic amines is 1. The molecule has 0 saturated heterocycles. The minimum Gasteiger partial charge on any atom is -0.394 e. The normalized spacial score (nSPS) is 10.6. The molecule has 0 saturated carbocycles. The molecule has 0 amide bonds. The molecule has 6 heteroatoms. The number of aliphatic hydroxyl groups excluding tert-OH is 1. The van der Waals surface area contributed by atoms with Crippen LogP contribution in [0.5, 0.6) is 0 Å². The van der Waals surface area contributed by atoms with E-state index in [-0.39, 0.29) is 31.0 Å². The number of hydrogen-bond acceptors (Lipinski definition) is 4. The van der Waals surface area contributed by atoms with E-state index in [1.54, 1.807) is 0 Å². The van der Waals surface area contributed by atoms with E-state index >= 15 is 0 Å². The zero-order chi connectivity index (χ0) is 9.84. The average Bonchev–Trinajstić information content (AvgIpc) is 2.36. The van der Waals surface area contributed by atoms with E-state index < -0.39 is 0 Å². The number of ether oxygens (including phenoxy) is 1. The third-order valence-corrected chi connectivity index (χ3v) is 1.68. The maximum Gasteiger partial charge on any atom is 0.290 e. The molecule has 1 rings (SSSR count). The number of nitrogens with zero attached hydrogens (tertiary/aromatic N) is 1. The standard InChI is InChI=1S/C7H13N3O3/c1-13-4-5-6(8)7(12)10(9-5)2-3-11/h9,11H,2-4,8H2,1H3. The van der Waals surface area contributed by atoms with Gasteiger partial charge in [-0.3, -0.25) is 9.89 Å². The minimum absolute atomic E-state index is 0.105. The summed E-state index contributed by atoms with van der Waals surface area (Å²) >= 11 is 0. The van der Waals surface area contributed by atoms with Crippen LogP contribution in [0.4, 0.5) is 5.69 Å². The number of nitrogens with one attached hydrogen (secondary N) is 1. The minimum atomic E-state index is -0.318. The lowest BCUT2D eigenvalue weighted by atomic mass is 10.4. The molecule has 1 aromatic heterocycles. The number of nitrogen functional groups attached to an aromatic ring is 1. The van der Waals surface area contributed by atoms with Crippen molar-refractivity contribution in [2.45, 2.75) is 13.2 Å². The van der Waals surface area contributed by atoms with Crippen LogP contribution in [-0.4, -0.2) is 28.6 Å². The fourth-order valence-corrected chi connectivity index (χ4v) is 1.06. The van der Waals surface area contributed by atoms with Crippen LogP contribution in [0.2, 0.25) is 0 Å². The van der Waals surface area contributed by atoms with Crippen LogP contribution in [0.15, 0.2) is 4.79 Å². The van der Waals surface area contributed by atoms with Crippen molar-refractivity contribution in [3.05, 3.63) is 16.0 Å². The Labute approximate surface area is 74.9 Å². The SMILES string of the molecule is COCc1[nH]n(CCO)c(=O)c1N. The van der Waals surface area contributed by atoms with Gasteiger partial charge >= 0.3 is 0 Å². The number of aliphatic hydroxyl groups is 1. The predicted octanol–water partition coefficient (Wildman–Crippen LogP) is -1.10. The van der Waals surface area contributed by atoms with Crippen molar-refractivity contribution in [2.75, 3.05) is 19.5 Å². The molecule has 0 unspecified atom stereocenters. The Bertz CT molecular complexity index is 328. The van der Waals surface area contributed by atoms with E-state index in [0.29, 0.717) is 5.69 Å². The van der Waals surface area contributed by atoms with Gasteiger partial charge in [0.2, 0.25) is 0 Å². The lowest BCUT2D eigenvalue weighted by molar-refractivity contribution is 0.180. The summed E-state index contributed by atoms with van der Waals surface area (Å²) in [7, 11) is 1.52. The number of methoxy groups -OCH3 is 1. The van der Waals surface area contributed by atoms with Crippen LogP contribution in [0.25, 0.3) is 0 Å². The van der Waals surface area contributed by atoms with Gasteiger partial charge in [0.15, 0.2) is 0 Å². The fraction of sp³-hybridized carbons (Fsp3) is 0.571. The summed E-state index contributed by atoms with van der Waals surface area (Å²) in [5.41, 5.74) is 5.87. The van der Waals surface area contributed by atoms with Gasteiger partial charge in [0.1, 0.15) is 5.69 Å². The molecule has 0 bridgehead atoms. The molecule has 0 atom stereocenters. The molecule has 0 aliphatic carbocycles. The second kappa shape index (κ2) is 4.11. The molecule has 0 fully saturated rings. The predicted molar refractivity (Wildman–Crippen MR) is 47.3 cm³/mol. The summed E-state index contributed by atoms with van der Waals surface area (Å²) < 4.78 is 6.08. The van der Waals surface area contributed by atoms with Crippen LogP contribution in [0.1, 0.15) is 5.69 Å². The van der Waals surface area contributed by atoms with Crippen LogP contribution in [-0.2, 0) is 17.9 Å². The molecule has 0 radical (unpaired) electrons. The Morgan fingerprint density at radius 2 is 2.38 bits per heavy atom. The van der Waals surface area contributed by atoms with Crippen LogP contribution < -0.4 is 11.3 Å². The largest absolute Gasteiger partial charge is 0.394 e. The van der Waals surface area contributed by atoms with Crippen LogP contribution in [0, 0.1) is 0 Å². The summed E-state index contributed by atoms with van der Waals surface area (Å²) in [6.07, 6.45) is 0. The van der Waals surface area contributed by atoms with Gasteiger partial charge in [-0.1, -0.05) is 0 Å². The Hall–Kier alpha value is -1.27. The van der Waals surface area contributed by atoms with Gasteiger partial charge in [0, 0.05) is 7.11 Å². The molecule has 0 aliphatic rings. The Balaban J connectivity index is 2.98. The second-order valence-electron chi connectivity index (χ2n) is 2.62. The van der Waals surface area contributed by atoms with Crippen LogP contribution in [0.3, 0.4) is 0 Å². The van der Waals surface area contributed by atoms with Crippen molar-refractivity contribution in [1.82, 2.24) is 9.78 Å². The van der Waals surface area contributed by atoms with Crippen molar-refractivity contribution >= 4 is 5.69 Å². The molecule has 1 heterocycles. The van der Waals surface area contributed by atoms with Gasteiger partial charge in [0.25, 0.3) is 5.56 Å². The van der Waals surface area contributed by atoms with Gasteiger partial charge in [-0.25, -0.2) is 4.68 Å². The number of rotatable bonds is 4. The summed E-state index contributed by atoms with van der Waals surface area (Å²) in [5, 5.41) is 11.4. The summed E-state index contributed by atoms with van der Waals surface area (Å²) in [5.74, 6) is 0. The zero-order valence-electron chi connectivity index (χ0n) is 7.41. The summed E-state index contributed by atoms with van der Waals surface area (Å²) in [6, 6.07) is 0. The van der Waals surface area contributed by atoms with E-state index in [2.05, 4.69) is 5.10 Å². The first-order chi connectivity index (χ1) is 6.20. The number of H-pyrrole nitrogens is 1. The van der Waals surface area contributed by atoms with E-state index in [1.165, 1.54) is 11.8 Å². The van der Waals surface area contributed by atoms with Gasteiger partial charge in [-0.15, -0.1) is 0 Å². The lowest BCUT2D eigenvalue weighted by Crippen LogP contribution is -2.20. The number of hydrogen-bond donors (Lipinski definition) is 3. The molecule has 6 nitrogen and oxygen atoms in total. The molecule has 0 aromatic carbocycles. The van der Waals surface area contributed by atoms with Crippen molar-refractivity contribution < 1.29 is 9.84 Å². The quantitative estimate of drug-likeness (QED) is 0.557. The van der Waals surface area contributed by atoms with E-state index in [1.807, 2.05) is 0 Å². The van der Waals surface area contributed by atoms with Crippen molar-refractivity contribution in [2.24, 2.45) is 0 Å². The van der Waals surface area contributed by atoms with Crippen molar-refractivity contribution in [1.29, 1.82) is 0 Å². The Morgan fingerprint density at radius 3 is 2.92 bits per heavy atom. The van der Waals surface area contributed by atoms with Crippen molar-refractivity contribution in [3.63, 3.8) is 0 Å². The first-order valence-electron chi connectivity index (χ1n) is 3.87. The third kappa shape index (κ3) is 1.90. The molecular weight excluding hydrogens is 174 g/mol. The number of aromatic nitrogens is 2. The molecule has 1 aromatic rings. The topological polar surface area (TPSA) is 93.3 Å². The highest BCUT2D eigenvalue weighted by Crippen LogP contribution is 2.03. The molecule has 0 aliphatic heterocycles. The maximum absolute atomic E-state index is 11.3. The monoisotopic (exact) mass is 187 g/mol. The van der Waals surface area contributed by atoms with E-state index in [4.69, 9.17) is 15.6 Å². The van der Waals surface area contributed by atoms with E-state index in [0.717, 1.165) is 0 Å². The van der Waals surface area contributed by atoms with Gasteiger partial charge in [-0.05, 0) is 0 Å². The van der Waals surface area contributed by atoms with Gasteiger partial charge in [0.05, 0.1) is 25.5 Å². The number of nitrogens with two attached hydrogens (primary N) is 1. The molecular formula is C7H13N3O3. The van der Waals surface area contributed by atoms with Gasteiger partial charge in [-0.2, -0.15) is 0 Å². The average molecular weight is 187 g/mol. The first kappa shape index (κ1) is 9.82.